The summed E-state index contributed by atoms with van der Waals surface area (Å²) >= 11 is 6.04. The molecular formula is C6H14S3. The van der Waals surface area contributed by atoms with Crippen LogP contribution >= 0.6 is 35.3 Å². The SMILES string of the molecule is CCSCSCSCC. The van der Waals surface area contributed by atoms with Crippen LogP contribution in [0.4, 0.5) is 0 Å². The Hall–Kier alpha value is 1.05. The maximum absolute atomic E-state index is 2.21. The third kappa shape index (κ3) is 9.05. The second-order valence-corrected chi connectivity index (χ2v) is 5.69. The fraction of sp³-hybridized carbons (Fsp3) is 1.00. The van der Waals surface area contributed by atoms with Gasteiger partial charge in [0.25, 0.3) is 0 Å². The molecule has 0 heterocycles. The molecule has 0 fully saturated rings. The topological polar surface area (TPSA) is 0 Å². The van der Waals surface area contributed by atoms with Crippen LogP contribution in [0.15, 0.2) is 0 Å². The first kappa shape index (κ1) is 10.0. The van der Waals surface area contributed by atoms with Gasteiger partial charge in [-0.15, -0.1) is 11.8 Å². The summed E-state index contributed by atoms with van der Waals surface area (Å²) in [7, 11) is 0. The van der Waals surface area contributed by atoms with Gasteiger partial charge in [0.05, 0.1) is 0 Å². The molecule has 0 spiro atoms. The molecule has 0 bridgehead atoms. The lowest BCUT2D eigenvalue weighted by atomic mass is 11.0. The summed E-state index contributed by atoms with van der Waals surface area (Å²) in [4.78, 5) is 0. The largest absolute Gasteiger partial charge is 0.151 e. The van der Waals surface area contributed by atoms with Crippen molar-refractivity contribution in [1.82, 2.24) is 0 Å². The molecule has 0 aliphatic heterocycles. The fourth-order valence-corrected chi connectivity index (χ4v) is 3.48. The molecule has 0 saturated carbocycles. The Morgan fingerprint density at radius 3 is 1.56 bits per heavy atom. The number of hydrogen-bond donors (Lipinski definition) is 0. The van der Waals surface area contributed by atoms with Gasteiger partial charge >= 0.3 is 0 Å². The van der Waals surface area contributed by atoms with Crippen molar-refractivity contribution >= 4 is 35.3 Å². The minimum Gasteiger partial charge on any atom is -0.151 e. The summed E-state index contributed by atoms with van der Waals surface area (Å²) in [6.45, 7) is 4.41. The zero-order valence-corrected chi connectivity index (χ0v) is 8.50. The molecule has 0 aromatic rings. The summed E-state index contributed by atoms with van der Waals surface area (Å²) in [6.07, 6.45) is 0. The molecule has 0 saturated heterocycles. The van der Waals surface area contributed by atoms with E-state index >= 15 is 0 Å². The zero-order valence-electron chi connectivity index (χ0n) is 6.05. The summed E-state index contributed by atoms with van der Waals surface area (Å²) < 4.78 is 0. The number of hydrogen-bond acceptors (Lipinski definition) is 3. The lowest BCUT2D eigenvalue weighted by Crippen LogP contribution is -1.75. The van der Waals surface area contributed by atoms with E-state index in [-0.39, 0.29) is 0 Å². The molecule has 56 valence electrons. The average Bonchev–Trinajstić information content (AvgIpc) is 1.89. The van der Waals surface area contributed by atoms with Crippen molar-refractivity contribution in [3.8, 4) is 0 Å². The molecule has 0 unspecified atom stereocenters. The third-order valence-corrected chi connectivity index (χ3v) is 4.22. The van der Waals surface area contributed by atoms with E-state index in [2.05, 4.69) is 13.8 Å². The molecule has 0 aliphatic carbocycles. The minimum atomic E-state index is 1.25. The molecule has 0 N–H and O–H groups in total. The minimum absolute atomic E-state index is 1.25. The van der Waals surface area contributed by atoms with Gasteiger partial charge in [-0.05, 0) is 11.5 Å². The molecule has 0 aliphatic rings. The highest BCUT2D eigenvalue weighted by Gasteiger charge is 1.85. The first-order valence-corrected chi connectivity index (χ1v) is 6.61. The van der Waals surface area contributed by atoms with Crippen molar-refractivity contribution in [2.24, 2.45) is 0 Å². The Labute approximate surface area is 70.9 Å². The lowest BCUT2D eigenvalue weighted by molar-refractivity contribution is 1.53. The predicted molar refractivity (Wildman–Crippen MR) is 53.6 cm³/mol. The molecule has 0 amide bonds. The van der Waals surface area contributed by atoms with Crippen LogP contribution in [0.25, 0.3) is 0 Å². The molecule has 0 rings (SSSR count). The first-order valence-electron chi connectivity index (χ1n) is 3.15. The maximum atomic E-state index is 2.21. The van der Waals surface area contributed by atoms with Gasteiger partial charge in [0.15, 0.2) is 0 Å². The van der Waals surface area contributed by atoms with Gasteiger partial charge < -0.3 is 0 Å². The van der Waals surface area contributed by atoms with Crippen LogP contribution in [0.5, 0.6) is 0 Å². The average molecular weight is 182 g/mol. The van der Waals surface area contributed by atoms with Crippen molar-refractivity contribution in [1.29, 1.82) is 0 Å². The summed E-state index contributed by atoms with van der Waals surface area (Å²) in [6, 6.07) is 0. The summed E-state index contributed by atoms with van der Waals surface area (Å²) in [5, 5.41) is 2.53. The molecule has 0 aromatic heterocycles. The molecule has 0 aromatic carbocycles. The number of rotatable bonds is 6. The van der Waals surface area contributed by atoms with Crippen LogP contribution in [0.1, 0.15) is 13.8 Å². The van der Waals surface area contributed by atoms with Crippen molar-refractivity contribution < 1.29 is 0 Å². The van der Waals surface area contributed by atoms with Gasteiger partial charge in [0.1, 0.15) is 0 Å². The van der Waals surface area contributed by atoms with E-state index in [0.717, 1.165) is 0 Å². The van der Waals surface area contributed by atoms with Crippen LogP contribution in [-0.4, -0.2) is 21.7 Å². The van der Waals surface area contributed by atoms with Crippen molar-refractivity contribution in [2.75, 3.05) is 21.7 Å². The van der Waals surface area contributed by atoms with Crippen LogP contribution in [0, 0.1) is 0 Å². The lowest BCUT2D eigenvalue weighted by Gasteiger charge is -1.96. The molecular weight excluding hydrogens is 168 g/mol. The van der Waals surface area contributed by atoms with Crippen molar-refractivity contribution in [2.45, 2.75) is 13.8 Å². The summed E-state index contributed by atoms with van der Waals surface area (Å²) in [5.41, 5.74) is 0. The second-order valence-electron chi connectivity index (χ2n) is 1.43. The standard InChI is InChI=1S/C6H14S3/c1-3-7-5-9-6-8-4-2/h3-6H2,1-2H3. The van der Waals surface area contributed by atoms with Gasteiger partial charge in [-0.3, -0.25) is 0 Å². The van der Waals surface area contributed by atoms with E-state index in [0.29, 0.717) is 0 Å². The van der Waals surface area contributed by atoms with Crippen molar-refractivity contribution in [3.05, 3.63) is 0 Å². The van der Waals surface area contributed by atoms with E-state index in [1.165, 1.54) is 21.7 Å². The van der Waals surface area contributed by atoms with E-state index in [1.54, 1.807) is 0 Å². The fourth-order valence-electron chi connectivity index (χ4n) is 0.319. The van der Waals surface area contributed by atoms with E-state index in [4.69, 9.17) is 0 Å². The van der Waals surface area contributed by atoms with Gasteiger partial charge in [0, 0.05) is 10.2 Å². The molecule has 0 atom stereocenters. The van der Waals surface area contributed by atoms with Gasteiger partial charge in [-0.25, -0.2) is 0 Å². The monoisotopic (exact) mass is 182 g/mol. The molecule has 0 radical (unpaired) electrons. The maximum Gasteiger partial charge on any atom is 0.0400 e. The molecule has 0 nitrogen and oxygen atoms in total. The Balaban J connectivity index is 2.60. The highest BCUT2D eigenvalue weighted by Crippen LogP contribution is 2.16. The Bertz CT molecular complexity index is 41.6. The zero-order chi connectivity index (χ0) is 6.95. The van der Waals surface area contributed by atoms with Gasteiger partial charge in [0.2, 0.25) is 0 Å². The Kier molecular flexibility index (Phi) is 10.1. The first-order chi connectivity index (χ1) is 4.41. The molecule has 9 heavy (non-hydrogen) atoms. The molecule has 3 heteroatoms. The highest BCUT2D eigenvalue weighted by molar-refractivity contribution is 8.22. The quantitative estimate of drug-likeness (QED) is 0.457. The second kappa shape index (κ2) is 9.05. The predicted octanol–water partition coefficient (Wildman–Crippen LogP) is 3.14. The number of thioether (sulfide) groups is 3. The highest BCUT2D eigenvalue weighted by atomic mass is 32.2. The third-order valence-electron chi connectivity index (χ3n) is 0.742. The normalized spacial score (nSPS) is 10.0. The van der Waals surface area contributed by atoms with E-state index in [1.807, 2.05) is 35.3 Å². The van der Waals surface area contributed by atoms with E-state index in [9.17, 15) is 0 Å². The van der Waals surface area contributed by atoms with Crippen LogP contribution in [0.2, 0.25) is 0 Å². The van der Waals surface area contributed by atoms with E-state index < -0.39 is 0 Å². The Morgan fingerprint density at radius 1 is 0.778 bits per heavy atom. The van der Waals surface area contributed by atoms with Gasteiger partial charge in [-0.1, -0.05) is 13.8 Å². The smallest absolute Gasteiger partial charge is 0.0400 e. The van der Waals surface area contributed by atoms with Crippen LogP contribution < -0.4 is 0 Å². The van der Waals surface area contributed by atoms with Crippen molar-refractivity contribution in [3.63, 3.8) is 0 Å². The van der Waals surface area contributed by atoms with Crippen LogP contribution in [0.3, 0.4) is 0 Å². The van der Waals surface area contributed by atoms with Gasteiger partial charge in [-0.2, -0.15) is 23.5 Å². The Morgan fingerprint density at radius 2 is 1.22 bits per heavy atom. The summed E-state index contributed by atoms with van der Waals surface area (Å²) in [5.74, 6) is 2.51. The van der Waals surface area contributed by atoms with Crippen LogP contribution in [-0.2, 0) is 0 Å².